The second kappa shape index (κ2) is 6.78. The van der Waals surface area contributed by atoms with Crippen molar-refractivity contribution in [3.05, 3.63) is 44.7 Å². The Hall–Kier alpha value is -1.30. The van der Waals surface area contributed by atoms with E-state index in [1.165, 1.54) is 18.3 Å². The number of alkyl halides is 2. The van der Waals surface area contributed by atoms with Gasteiger partial charge in [0.15, 0.2) is 0 Å². The fraction of sp³-hybridized carbons (Fsp3) is 0.353. The van der Waals surface area contributed by atoms with Gasteiger partial charge in [-0.3, -0.25) is 0 Å². The molecule has 0 spiro atoms. The molecule has 1 aromatic heterocycles. The molecule has 25 heavy (non-hydrogen) atoms. The summed E-state index contributed by atoms with van der Waals surface area (Å²) in [6.07, 6.45) is 1.26. The monoisotopic (exact) mass is 409 g/mol. The Labute approximate surface area is 159 Å². The van der Waals surface area contributed by atoms with E-state index in [1.54, 1.807) is 20.8 Å². The zero-order valence-electron chi connectivity index (χ0n) is 13.9. The van der Waals surface area contributed by atoms with Crippen molar-refractivity contribution in [2.45, 2.75) is 39.2 Å². The molecule has 0 saturated carbocycles. The number of hydrogen-bond acceptors (Lipinski definition) is 2. The lowest BCUT2D eigenvalue weighted by Crippen LogP contribution is -2.26. The van der Waals surface area contributed by atoms with Crippen LogP contribution in [0.15, 0.2) is 18.3 Å². The summed E-state index contributed by atoms with van der Waals surface area (Å²) >= 11 is 18.2. The summed E-state index contributed by atoms with van der Waals surface area (Å²) in [5.74, 6) is -4.20. The zero-order valence-corrected chi connectivity index (χ0v) is 16.2. The maximum Gasteiger partial charge on any atom is 0.341 e. The van der Waals surface area contributed by atoms with Crippen molar-refractivity contribution in [3.8, 4) is 11.1 Å². The van der Waals surface area contributed by atoms with Crippen LogP contribution in [0, 0.1) is 0 Å². The van der Waals surface area contributed by atoms with E-state index in [0.717, 1.165) is 0 Å². The summed E-state index contributed by atoms with van der Waals surface area (Å²) in [6, 6.07) is 2.83. The third-order valence-electron chi connectivity index (χ3n) is 3.20. The maximum absolute atomic E-state index is 14.0. The van der Waals surface area contributed by atoms with Gasteiger partial charge < -0.3 is 9.72 Å². The average Bonchev–Trinajstić information content (AvgIpc) is 2.79. The number of rotatable bonds is 3. The Morgan fingerprint density at radius 3 is 2.04 bits per heavy atom. The van der Waals surface area contributed by atoms with Crippen LogP contribution >= 0.6 is 34.8 Å². The van der Waals surface area contributed by atoms with Crippen LogP contribution in [0.4, 0.5) is 8.78 Å². The summed E-state index contributed by atoms with van der Waals surface area (Å²) in [4.78, 5) is 15.0. The third-order valence-corrected chi connectivity index (χ3v) is 4.01. The van der Waals surface area contributed by atoms with E-state index in [-0.39, 0.29) is 31.8 Å². The van der Waals surface area contributed by atoms with Crippen LogP contribution in [0.5, 0.6) is 0 Å². The van der Waals surface area contributed by atoms with Gasteiger partial charge >= 0.3 is 5.97 Å². The molecule has 0 aliphatic carbocycles. The molecule has 0 aliphatic rings. The average molecular weight is 411 g/mol. The molecule has 0 unspecified atom stereocenters. The number of hydrogen-bond donors (Lipinski definition) is 1. The fourth-order valence-electron chi connectivity index (χ4n) is 2.31. The van der Waals surface area contributed by atoms with Crippen LogP contribution in [0.25, 0.3) is 11.1 Å². The highest BCUT2D eigenvalue weighted by molar-refractivity contribution is 6.42. The standard InChI is InChI=1S/C17H16Cl3F2NO2/c1-16(2,3)25-15(24)13-9(7-23-14(13)17(4,21)22)12-10(19)5-8(18)6-11(12)20/h5-7,23H,1-4H3. The fourth-order valence-corrected chi connectivity index (χ4v) is 3.33. The molecule has 1 aromatic carbocycles. The van der Waals surface area contributed by atoms with Crippen molar-refractivity contribution in [2.75, 3.05) is 0 Å². The summed E-state index contributed by atoms with van der Waals surface area (Å²) in [5.41, 5.74) is -1.40. The van der Waals surface area contributed by atoms with Gasteiger partial charge in [-0.1, -0.05) is 34.8 Å². The molecule has 136 valence electrons. The van der Waals surface area contributed by atoms with Gasteiger partial charge in [-0.25, -0.2) is 4.79 Å². The van der Waals surface area contributed by atoms with E-state index in [4.69, 9.17) is 39.5 Å². The number of carbonyl (C=O) groups is 1. The lowest BCUT2D eigenvalue weighted by atomic mass is 10.0. The van der Waals surface area contributed by atoms with Crippen LogP contribution in [0.1, 0.15) is 43.7 Å². The van der Waals surface area contributed by atoms with E-state index in [1.807, 2.05) is 0 Å². The first-order valence-electron chi connectivity index (χ1n) is 7.29. The van der Waals surface area contributed by atoms with Gasteiger partial charge in [-0.2, -0.15) is 8.78 Å². The first-order valence-corrected chi connectivity index (χ1v) is 8.42. The number of benzene rings is 1. The summed E-state index contributed by atoms with van der Waals surface area (Å²) < 4.78 is 33.2. The number of aromatic amines is 1. The summed E-state index contributed by atoms with van der Waals surface area (Å²) in [7, 11) is 0. The first kappa shape index (κ1) is 20.0. The van der Waals surface area contributed by atoms with E-state index >= 15 is 0 Å². The van der Waals surface area contributed by atoms with Crippen LogP contribution in [0.3, 0.4) is 0 Å². The van der Waals surface area contributed by atoms with Crippen LogP contribution < -0.4 is 0 Å². The van der Waals surface area contributed by atoms with Crippen molar-refractivity contribution in [2.24, 2.45) is 0 Å². The Balaban J connectivity index is 2.73. The smallest absolute Gasteiger partial charge is 0.341 e. The van der Waals surface area contributed by atoms with Gasteiger partial charge in [0.2, 0.25) is 0 Å². The van der Waals surface area contributed by atoms with Crippen molar-refractivity contribution >= 4 is 40.8 Å². The van der Waals surface area contributed by atoms with Gasteiger partial charge in [0.05, 0.1) is 21.3 Å². The number of ether oxygens (including phenoxy) is 1. The molecular weight excluding hydrogens is 395 g/mol. The van der Waals surface area contributed by atoms with Crippen molar-refractivity contribution in [1.82, 2.24) is 4.98 Å². The largest absolute Gasteiger partial charge is 0.456 e. The number of carbonyl (C=O) groups excluding carboxylic acids is 1. The lowest BCUT2D eigenvalue weighted by molar-refractivity contribution is -0.00134. The number of halogens is 5. The van der Waals surface area contributed by atoms with E-state index < -0.39 is 23.2 Å². The molecule has 0 bridgehead atoms. The van der Waals surface area contributed by atoms with Crippen LogP contribution in [-0.2, 0) is 10.7 Å². The van der Waals surface area contributed by atoms with E-state index in [2.05, 4.69) is 4.98 Å². The Morgan fingerprint density at radius 1 is 1.08 bits per heavy atom. The molecule has 1 N–H and O–H groups in total. The van der Waals surface area contributed by atoms with Crippen LogP contribution in [-0.4, -0.2) is 16.6 Å². The van der Waals surface area contributed by atoms with Crippen molar-refractivity contribution in [3.63, 3.8) is 0 Å². The number of nitrogens with one attached hydrogen (secondary N) is 1. The van der Waals surface area contributed by atoms with Crippen molar-refractivity contribution < 1.29 is 18.3 Å². The second-order valence-corrected chi connectivity index (χ2v) is 7.84. The minimum absolute atomic E-state index is 0.123. The number of aromatic nitrogens is 1. The highest BCUT2D eigenvalue weighted by atomic mass is 35.5. The summed E-state index contributed by atoms with van der Waals surface area (Å²) in [5, 5.41) is 0.550. The zero-order chi connectivity index (χ0) is 19.2. The predicted molar refractivity (Wildman–Crippen MR) is 96.0 cm³/mol. The maximum atomic E-state index is 14.0. The van der Waals surface area contributed by atoms with Gasteiger partial charge in [0.1, 0.15) is 5.60 Å². The topological polar surface area (TPSA) is 42.1 Å². The molecular formula is C17H16Cl3F2NO2. The Kier molecular flexibility index (Phi) is 5.43. The quantitative estimate of drug-likeness (QED) is 0.571. The SMILES string of the molecule is CC(C)(C)OC(=O)c1c(-c2c(Cl)cc(Cl)cc2Cl)c[nH]c1C(C)(F)F. The molecule has 0 atom stereocenters. The van der Waals surface area contributed by atoms with E-state index in [0.29, 0.717) is 6.92 Å². The molecule has 2 rings (SSSR count). The molecule has 8 heteroatoms. The van der Waals surface area contributed by atoms with Gasteiger partial charge in [-0.15, -0.1) is 0 Å². The first-order chi connectivity index (χ1) is 11.3. The van der Waals surface area contributed by atoms with Crippen molar-refractivity contribution in [1.29, 1.82) is 0 Å². The van der Waals surface area contributed by atoms with E-state index in [9.17, 15) is 13.6 Å². The second-order valence-electron chi connectivity index (χ2n) is 6.59. The molecule has 0 aliphatic heterocycles. The Bertz CT molecular complexity index is 797. The Morgan fingerprint density at radius 2 is 1.60 bits per heavy atom. The predicted octanol–water partition coefficient (Wildman–Crippen LogP) is 6.71. The minimum Gasteiger partial charge on any atom is -0.456 e. The molecule has 2 aromatic rings. The normalized spacial score (nSPS) is 12.4. The lowest BCUT2D eigenvalue weighted by Gasteiger charge is -2.21. The molecule has 0 fully saturated rings. The molecule has 1 heterocycles. The number of H-pyrrole nitrogens is 1. The van der Waals surface area contributed by atoms with Gasteiger partial charge in [0, 0.05) is 29.3 Å². The third kappa shape index (κ3) is 4.46. The number of esters is 1. The molecule has 0 saturated heterocycles. The minimum atomic E-state index is -3.30. The molecule has 0 amide bonds. The highest BCUT2D eigenvalue weighted by Crippen LogP contribution is 2.42. The molecule has 0 radical (unpaired) electrons. The molecule has 3 nitrogen and oxygen atoms in total. The summed E-state index contributed by atoms with van der Waals surface area (Å²) in [6.45, 7) is 5.61. The van der Waals surface area contributed by atoms with Gasteiger partial charge in [0.25, 0.3) is 5.92 Å². The van der Waals surface area contributed by atoms with Gasteiger partial charge in [-0.05, 0) is 32.9 Å². The van der Waals surface area contributed by atoms with Crippen LogP contribution in [0.2, 0.25) is 15.1 Å². The highest BCUT2D eigenvalue weighted by Gasteiger charge is 2.36.